The summed E-state index contributed by atoms with van der Waals surface area (Å²) >= 11 is 0. The number of phenols is 1. The van der Waals surface area contributed by atoms with Gasteiger partial charge in [-0.2, -0.15) is 0 Å². The first-order valence-corrected chi connectivity index (χ1v) is 8.99. The van der Waals surface area contributed by atoms with Crippen LogP contribution in [0.25, 0.3) is 0 Å². The van der Waals surface area contributed by atoms with Gasteiger partial charge < -0.3 is 24.6 Å². The fourth-order valence-corrected chi connectivity index (χ4v) is 2.94. The molecule has 1 unspecified atom stereocenters. The normalized spacial score (nSPS) is 14.1. The van der Waals surface area contributed by atoms with E-state index in [1.165, 1.54) is 25.3 Å². The second kappa shape index (κ2) is 8.65. The van der Waals surface area contributed by atoms with Gasteiger partial charge in [0, 0.05) is 0 Å². The van der Waals surface area contributed by atoms with Crippen molar-refractivity contribution >= 4 is 11.9 Å². The van der Waals surface area contributed by atoms with Gasteiger partial charge in [-0.25, -0.2) is 4.79 Å². The van der Waals surface area contributed by atoms with Crippen LogP contribution in [-0.2, 0) is 9.53 Å². The van der Waals surface area contributed by atoms with Crippen LogP contribution in [0.1, 0.15) is 34.8 Å². The molecule has 148 valence electrons. The highest BCUT2D eigenvalue weighted by molar-refractivity contribution is 5.94. The standard InChI is InChI=1S/C21H23NO6/c1-26-15-7-5-14(6-8-15)20(13-3-4-13)22-19(24)12-28-21(25)17-11-16(27-2)9-10-18(17)23/h5-11,13,20,23H,3-4,12H2,1-2H3,(H,22,24). The highest BCUT2D eigenvalue weighted by atomic mass is 16.5. The molecule has 3 rings (SSSR count). The van der Waals surface area contributed by atoms with Crippen LogP contribution < -0.4 is 14.8 Å². The lowest BCUT2D eigenvalue weighted by Gasteiger charge is -2.19. The minimum absolute atomic E-state index is 0.0546. The number of aromatic hydroxyl groups is 1. The maximum Gasteiger partial charge on any atom is 0.342 e. The largest absolute Gasteiger partial charge is 0.507 e. The molecule has 1 fully saturated rings. The minimum atomic E-state index is -0.793. The van der Waals surface area contributed by atoms with Crippen molar-refractivity contribution in [3.8, 4) is 17.2 Å². The van der Waals surface area contributed by atoms with E-state index in [9.17, 15) is 14.7 Å². The molecular formula is C21H23NO6. The Morgan fingerprint density at radius 2 is 1.71 bits per heavy atom. The molecule has 0 aliphatic heterocycles. The number of esters is 1. The predicted molar refractivity (Wildman–Crippen MR) is 102 cm³/mol. The first-order chi connectivity index (χ1) is 13.5. The molecule has 1 amide bonds. The second-order valence-electron chi connectivity index (χ2n) is 6.61. The topological polar surface area (TPSA) is 94.1 Å². The van der Waals surface area contributed by atoms with Crippen molar-refractivity contribution in [3.05, 3.63) is 53.6 Å². The third kappa shape index (κ3) is 4.73. The first-order valence-electron chi connectivity index (χ1n) is 8.99. The Kier molecular flexibility index (Phi) is 6.03. The summed E-state index contributed by atoms with van der Waals surface area (Å²) in [6.45, 7) is -0.436. The molecule has 1 aliphatic carbocycles. The average molecular weight is 385 g/mol. The van der Waals surface area contributed by atoms with Crippen molar-refractivity contribution in [1.29, 1.82) is 0 Å². The highest BCUT2D eigenvalue weighted by Gasteiger charge is 2.33. The smallest absolute Gasteiger partial charge is 0.342 e. The van der Waals surface area contributed by atoms with Gasteiger partial charge in [0.25, 0.3) is 5.91 Å². The molecule has 0 spiro atoms. The lowest BCUT2D eigenvalue weighted by Crippen LogP contribution is -2.33. The Labute approximate surface area is 163 Å². The molecule has 0 bridgehead atoms. The third-order valence-electron chi connectivity index (χ3n) is 4.64. The number of nitrogens with one attached hydrogen (secondary N) is 1. The van der Waals surface area contributed by atoms with Crippen LogP contribution in [0.15, 0.2) is 42.5 Å². The summed E-state index contributed by atoms with van der Waals surface area (Å²) in [5, 5.41) is 12.7. The monoisotopic (exact) mass is 385 g/mol. The van der Waals surface area contributed by atoms with Gasteiger partial charge in [0.2, 0.25) is 0 Å². The summed E-state index contributed by atoms with van der Waals surface area (Å²) in [6, 6.07) is 11.6. The van der Waals surface area contributed by atoms with Crippen molar-refractivity contribution in [3.63, 3.8) is 0 Å². The van der Waals surface area contributed by atoms with Gasteiger partial charge in [-0.15, -0.1) is 0 Å². The van der Waals surface area contributed by atoms with Gasteiger partial charge >= 0.3 is 5.97 Å². The number of carbonyl (C=O) groups excluding carboxylic acids is 2. The van der Waals surface area contributed by atoms with E-state index >= 15 is 0 Å². The number of methoxy groups -OCH3 is 2. The number of hydrogen-bond donors (Lipinski definition) is 2. The summed E-state index contributed by atoms with van der Waals surface area (Å²) in [5.74, 6) is 0.0948. The molecule has 1 saturated carbocycles. The van der Waals surface area contributed by atoms with Gasteiger partial charge in [0.15, 0.2) is 6.61 Å². The Hall–Kier alpha value is -3.22. The van der Waals surface area contributed by atoms with E-state index in [1.54, 1.807) is 7.11 Å². The Balaban J connectivity index is 1.60. The summed E-state index contributed by atoms with van der Waals surface area (Å²) < 4.78 is 15.3. The van der Waals surface area contributed by atoms with Crippen LogP contribution in [-0.4, -0.2) is 37.8 Å². The molecule has 7 heteroatoms. The van der Waals surface area contributed by atoms with Crippen molar-refractivity contribution in [2.24, 2.45) is 5.92 Å². The predicted octanol–water partition coefficient (Wildman–Crippen LogP) is 2.83. The molecule has 0 heterocycles. The van der Waals surface area contributed by atoms with Crippen LogP contribution in [0.4, 0.5) is 0 Å². The number of hydrogen-bond acceptors (Lipinski definition) is 6. The van der Waals surface area contributed by atoms with Crippen molar-refractivity contribution in [1.82, 2.24) is 5.32 Å². The lowest BCUT2D eigenvalue weighted by atomic mass is 10.0. The molecule has 2 aromatic carbocycles. The van der Waals surface area contributed by atoms with Crippen molar-refractivity contribution < 1.29 is 28.9 Å². The van der Waals surface area contributed by atoms with Crippen LogP contribution in [0, 0.1) is 5.92 Å². The van der Waals surface area contributed by atoms with Crippen LogP contribution in [0.3, 0.4) is 0 Å². The minimum Gasteiger partial charge on any atom is -0.507 e. The fourth-order valence-electron chi connectivity index (χ4n) is 2.94. The zero-order chi connectivity index (χ0) is 20.1. The van der Waals surface area contributed by atoms with Crippen LogP contribution >= 0.6 is 0 Å². The summed E-state index contributed by atoms with van der Waals surface area (Å²) in [4.78, 5) is 24.5. The van der Waals surface area contributed by atoms with Crippen molar-refractivity contribution in [2.75, 3.05) is 20.8 Å². The van der Waals surface area contributed by atoms with E-state index in [-0.39, 0.29) is 17.4 Å². The molecule has 0 radical (unpaired) electrons. The summed E-state index contributed by atoms with van der Waals surface area (Å²) in [7, 11) is 3.05. The third-order valence-corrected chi connectivity index (χ3v) is 4.64. The number of benzene rings is 2. The van der Waals surface area contributed by atoms with Crippen LogP contribution in [0.5, 0.6) is 17.2 Å². The summed E-state index contributed by atoms with van der Waals surface area (Å²) in [6.07, 6.45) is 2.07. The first kappa shape index (κ1) is 19.5. The molecule has 0 aromatic heterocycles. The molecule has 2 N–H and O–H groups in total. The Bertz CT molecular complexity index is 844. The number of phenolic OH excluding ortho intramolecular Hbond substituents is 1. The number of rotatable bonds is 8. The van der Waals surface area contributed by atoms with E-state index in [0.717, 1.165) is 24.2 Å². The zero-order valence-corrected chi connectivity index (χ0v) is 15.8. The zero-order valence-electron chi connectivity index (χ0n) is 15.8. The van der Waals surface area contributed by atoms with E-state index in [0.29, 0.717) is 11.7 Å². The second-order valence-corrected chi connectivity index (χ2v) is 6.61. The quantitative estimate of drug-likeness (QED) is 0.679. The van der Waals surface area contributed by atoms with Gasteiger partial charge in [-0.3, -0.25) is 4.79 Å². The highest BCUT2D eigenvalue weighted by Crippen LogP contribution is 2.41. The van der Waals surface area contributed by atoms with E-state index < -0.39 is 18.5 Å². The summed E-state index contributed by atoms with van der Waals surface area (Å²) in [5.41, 5.74) is 0.925. The molecular weight excluding hydrogens is 362 g/mol. The van der Waals surface area contributed by atoms with Crippen molar-refractivity contribution in [2.45, 2.75) is 18.9 Å². The van der Waals surface area contributed by atoms with Gasteiger partial charge in [0.1, 0.15) is 22.8 Å². The van der Waals surface area contributed by atoms with Crippen LogP contribution in [0.2, 0.25) is 0 Å². The number of amides is 1. The van der Waals surface area contributed by atoms with E-state index in [4.69, 9.17) is 14.2 Å². The molecule has 1 atom stereocenters. The number of ether oxygens (including phenoxy) is 3. The molecule has 7 nitrogen and oxygen atoms in total. The van der Waals surface area contributed by atoms with E-state index in [1.807, 2.05) is 24.3 Å². The molecule has 28 heavy (non-hydrogen) atoms. The Morgan fingerprint density at radius 3 is 2.32 bits per heavy atom. The lowest BCUT2D eigenvalue weighted by molar-refractivity contribution is -0.125. The molecule has 1 aliphatic rings. The van der Waals surface area contributed by atoms with Gasteiger partial charge in [0.05, 0.1) is 20.3 Å². The van der Waals surface area contributed by atoms with Gasteiger partial charge in [-0.05, 0) is 54.7 Å². The molecule has 2 aromatic rings. The number of carbonyl (C=O) groups is 2. The average Bonchev–Trinajstić information content (AvgIpc) is 3.56. The SMILES string of the molecule is COc1ccc(C(NC(=O)COC(=O)c2cc(OC)ccc2O)C2CC2)cc1. The van der Waals surface area contributed by atoms with E-state index in [2.05, 4.69) is 5.32 Å². The fraction of sp³-hybridized carbons (Fsp3) is 0.333. The maximum absolute atomic E-state index is 12.3. The maximum atomic E-state index is 12.3. The van der Waals surface area contributed by atoms with Gasteiger partial charge in [-0.1, -0.05) is 12.1 Å². The molecule has 0 saturated heterocycles. The Morgan fingerprint density at radius 1 is 1.07 bits per heavy atom.